The Hall–Kier alpha value is -2.72. The molecule has 1 spiro atoms. The van der Waals surface area contributed by atoms with E-state index in [0.717, 1.165) is 70.1 Å². The number of likely N-dealkylation sites (tertiary alicyclic amines) is 1. The fraction of sp³-hybridized carbons (Fsp3) is 0.714. The molecule has 2 atom stereocenters. The van der Waals surface area contributed by atoms with Gasteiger partial charge in [0.2, 0.25) is 0 Å². The number of carboxylic acids is 2. The Kier molecular flexibility index (Phi) is 10.5. The van der Waals surface area contributed by atoms with Gasteiger partial charge in [-0.2, -0.15) is 31.4 Å². The first-order chi connectivity index (χ1) is 17.1. The third-order valence-corrected chi connectivity index (χ3v) is 5.90. The van der Waals surface area contributed by atoms with Gasteiger partial charge in [-0.25, -0.2) is 9.59 Å². The number of anilines is 1. The zero-order chi connectivity index (χ0) is 27.9. The monoisotopic (exact) mass is 546 g/mol. The molecule has 0 aliphatic carbocycles. The first kappa shape index (κ1) is 30.5. The lowest BCUT2D eigenvalue weighted by molar-refractivity contribution is -0.193. The molecule has 3 fully saturated rings. The molecule has 37 heavy (non-hydrogen) atoms. The van der Waals surface area contributed by atoms with Crippen LogP contribution >= 0.6 is 0 Å². The van der Waals surface area contributed by atoms with Crippen LogP contribution in [0.1, 0.15) is 31.4 Å². The van der Waals surface area contributed by atoms with Crippen LogP contribution in [0.3, 0.4) is 0 Å². The van der Waals surface area contributed by atoms with E-state index in [2.05, 4.69) is 20.4 Å². The minimum absolute atomic E-state index is 0.0358. The second kappa shape index (κ2) is 12.7. The fourth-order valence-corrected chi connectivity index (χ4v) is 4.14. The summed E-state index contributed by atoms with van der Waals surface area (Å²) in [7, 11) is 0. The summed E-state index contributed by atoms with van der Waals surface area (Å²) in [6.07, 6.45) is -5.64. The van der Waals surface area contributed by atoms with Crippen LogP contribution < -0.4 is 5.32 Å². The van der Waals surface area contributed by atoms with Crippen molar-refractivity contribution in [2.75, 3.05) is 38.2 Å². The van der Waals surface area contributed by atoms with Crippen LogP contribution in [0.15, 0.2) is 12.1 Å². The number of aryl methyl sites for hydroxylation is 1. The highest BCUT2D eigenvalue weighted by Gasteiger charge is 2.47. The van der Waals surface area contributed by atoms with E-state index >= 15 is 0 Å². The molecule has 210 valence electrons. The van der Waals surface area contributed by atoms with Gasteiger partial charge in [0.05, 0.1) is 23.9 Å². The average Bonchev–Trinajstić information content (AvgIpc) is 3.42. The lowest BCUT2D eigenvalue weighted by atomic mass is 9.97. The van der Waals surface area contributed by atoms with E-state index in [1.165, 1.54) is 0 Å². The summed E-state index contributed by atoms with van der Waals surface area (Å²) in [4.78, 5) is 20.4. The highest BCUT2D eigenvalue weighted by molar-refractivity contribution is 5.73. The molecule has 0 bridgehead atoms. The van der Waals surface area contributed by atoms with E-state index in [9.17, 15) is 26.3 Å². The van der Waals surface area contributed by atoms with Crippen molar-refractivity contribution in [2.45, 2.75) is 62.6 Å². The van der Waals surface area contributed by atoms with Gasteiger partial charge in [0, 0.05) is 38.8 Å². The van der Waals surface area contributed by atoms with Crippen LogP contribution in [0.25, 0.3) is 0 Å². The zero-order valence-corrected chi connectivity index (χ0v) is 19.8. The molecule has 4 heterocycles. The molecule has 1 aromatic heterocycles. The summed E-state index contributed by atoms with van der Waals surface area (Å²) in [6.45, 7) is 6.75. The number of carbonyl (C=O) groups is 2. The van der Waals surface area contributed by atoms with Crippen LogP contribution in [0.4, 0.5) is 32.2 Å². The molecule has 10 nitrogen and oxygen atoms in total. The van der Waals surface area contributed by atoms with Crippen molar-refractivity contribution in [1.82, 2.24) is 15.1 Å². The molecule has 3 aliphatic rings. The number of ether oxygens (including phenoxy) is 2. The second-order valence-corrected chi connectivity index (χ2v) is 8.77. The van der Waals surface area contributed by atoms with E-state index in [1.54, 1.807) is 0 Å². The number of carboxylic acid groups (broad SMARTS) is 2. The SMILES string of the molecule is Cc1ccc(NC2COC3(CCN(C4CCOCC4)C3)C2)nn1.O=C(O)C(F)(F)F.O=C(O)C(F)(F)F. The van der Waals surface area contributed by atoms with Crippen molar-refractivity contribution in [3.63, 3.8) is 0 Å². The summed E-state index contributed by atoms with van der Waals surface area (Å²) in [5.74, 6) is -4.67. The molecule has 0 saturated carbocycles. The number of aliphatic carboxylic acids is 2. The van der Waals surface area contributed by atoms with Crippen molar-refractivity contribution in [3.05, 3.63) is 17.8 Å². The Morgan fingerprint density at radius 2 is 1.62 bits per heavy atom. The van der Waals surface area contributed by atoms with Crippen LogP contribution in [0, 0.1) is 6.92 Å². The van der Waals surface area contributed by atoms with Gasteiger partial charge in [-0.3, -0.25) is 4.90 Å². The molecular formula is C21H28F6N4O6. The van der Waals surface area contributed by atoms with Crippen molar-refractivity contribution in [3.8, 4) is 0 Å². The van der Waals surface area contributed by atoms with Crippen LogP contribution in [0.2, 0.25) is 0 Å². The molecule has 3 saturated heterocycles. The van der Waals surface area contributed by atoms with Crippen molar-refractivity contribution in [2.24, 2.45) is 0 Å². The minimum atomic E-state index is -5.08. The number of rotatable bonds is 3. The maximum atomic E-state index is 10.6. The zero-order valence-electron chi connectivity index (χ0n) is 19.8. The molecular weight excluding hydrogens is 518 g/mol. The highest BCUT2D eigenvalue weighted by atomic mass is 19.4. The Balaban J connectivity index is 0.000000286. The number of nitrogens with one attached hydrogen (secondary N) is 1. The van der Waals surface area contributed by atoms with Gasteiger partial charge in [-0.15, -0.1) is 5.10 Å². The highest BCUT2D eigenvalue weighted by Crippen LogP contribution is 2.37. The number of nitrogens with zero attached hydrogens (tertiary/aromatic N) is 3. The number of halogens is 6. The van der Waals surface area contributed by atoms with E-state index in [-0.39, 0.29) is 5.60 Å². The number of hydrogen-bond acceptors (Lipinski definition) is 8. The molecule has 2 unspecified atom stereocenters. The molecule has 3 N–H and O–H groups in total. The maximum Gasteiger partial charge on any atom is 0.490 e. The predicted octanol–water partition coefficient (Wildman–Crippen LogP) is 2.88. The largest absolute Gasteiger partial charge is 0.490 e. The summed E-state index contributed by atoms with van der Waals surface area (Å²) < 4.78 is 75.2. The Labute approximate surface area is 207 Å². The van der Waals surface area contributed by atoms with E-state index in [1.807, 2.05) is 19.1 Å². The number of alkyl halides is 6. The minimum Gasteiger partial charge on any atom is -0.475 e. The first-order valence-corrected chi connectivity index (χ1v) is 11.2. The van der Waals surface area contributed by atoms with Gasteiger partial charge in [-0.1, -0.05) is 0 Å². The van der Waals surface area contributed by atoms with Gasteiger partial charge in [0.15, 0.2) is 0 Å². The van der Waals surface area contributed by atoms with Crippen LogP contribution in [-0.4, -0.2) is 100 Å². The molecule has 0 aromatic carbocycles. The van der Waals surface area contributed by atoms with Crippen molar-refractivity contribution < 1.29 is 55.6 Å². The van der Waals surface area contributed by atoms with Gasteiger partial charge in [0.25, 0.3) is 0 Å². The number of hydrogen-bond donors (Lipinski definition) is 3. The lowest BCUT2D eigenvalue weighted by Crippen LogP contribution is -2.41. The van der Waals surface area contributed by atoms with Gasteiger partial charge < -0.3 is 25.0 Å². The molecule has 3 aliphatic heterocycles. The van der Waals surface area contributed by atoms with Crippen molar-refractivity contribution in [1.29, 1.82) is 0 Å². The van der Waals surface area contributed by atoms with Gasteiger partial charge in [0.1, 0.15) is 5.82 Å². The normalized spacial score (nSPS) is 24.6. The molecule has 1 aromatic rings. The third-order valence-electron chi connectivity index (χ3n) is 5.90. The quantitative estimate of drug-likeness (QED) is 0.486. The Morgan fingerprint density at radius 3 is 2.11 bits per heavy atom. The number of aromatic nitrogens is 2. The standard InChI is InChI=1S/C17H26N4O2.2C2HF3O2/c1-13-2-3-16(20-19-13)18-14-10-17(23-11-14)6-7-21(12-17)15-4-8-22-9-5-15;2*3-2(4,5)1(6)7/h2-3,14-15H,4-12H2,1H3,(H,18,20);2*(H,6,7). The first-order valence-electron chi connectivity index (χ1n) is 11.2. The Morgan fingerprint density at radius 1 is 1.05 bits per heavy atom. The smallest absolute Gasteiger partial charge is 0.475 e. The third kappa shape index (κ3) is 9.92. The van der Waals surface area contributed by atoms with Crippen molar-refractivity contribution >= 4 is 17.8 Å². The van der Waals surface area contributed by atoms with Gasteiger partial charge >= 0.3 is 24.3 Å². The topological polar surface area (TPSA) is 134 Å². The summed E-state index contributed by atoms with van der Waals surface area (Å²) in [5, 5.41) is 26.0. The molecule has 0 amide bonds. The average molecular weight is 546 g/mol. The second-order valence-electron chi connectivity index (χ2n) is 8.77. The molecule has 4 rings (SSSR count). The maximum absolute atomic E-state index is 10.6. The summed E-state index contributed by atoms with van der Waals surface area (Å²) in [6, 6.07) is 5.00. The van der Waals surface area contributed by atoms with E-state index in [4.69, 9.17) is 29.3 Å². The van der Waals surface area contributed by atoms with Crippen LogP contribution in [0.5, 0.6) is 0 Å². The van der Waals surface area contributed by atoms with E-state index in [0.29, 0.717) is 12.1 Å². The summed E-state index contributed by atoms with van der Waals surface area (Å²) >= 11 is 0. The fourth-order valence-electron chi connectivity index (χ4n) is 4.14. The molecule has 16 heteroatoms. The predicted molar refractivity (Wildman–Crippen MR) is 115 cm³/mol. The summed E-state index contributed by atoms with van der Waals surface area (Å²) in [5.41, 5.74) is 0.978. The van der Waals surface area contributed by atoms with E-state index < -0.39 is 24.3 Å². The van der Waals surface area contributed by atoms with Crippen LogP contribution in [-0.2, 0) is 19.1 Å². The molecule has 0 radical (unpaired) electrons. The van der Waals surface area contributed by atoms with Gasteiger partial charge in [-0.05, 0) is 38.3 Å². The lowest BCUT2D eigenvalue weighted by Gasteiger charge is -2.32. The Bertz CT molecular complexity index is 871.